The Morgan fingerprint density at radius 2 is 1.80 bits per heavy atom. The highest BCUT2D eigenvalue weighted by Crippen LogP contribution is 2.14. The SMILES string of the molecule is C1=CSNS1. The van der Waals surface area contributed by atoms with E-state index >= 15 is 0 Å². The summed E-state index contributed by atoms with van der Waals surface area (Å²) >= 11 is 3.21. The molecule has 0 amide bonds. The maximum atomic E-state index is 2.94. The highest BCUT2D eigenvalue weighted by molar-refractivity contribution is 8.18. The Kier molecular flexibility index (Phi) is 1.25. The lowest BCUT2D eigenvalue weighted by Gasteiger charge is -1.74. The van der Waals surface area contributed by atoms with Crippen LogP contribution in [0.5, 0.6) is 0 Å². The van der Waals surface area contributed by atoms with Gasteiger partial charge >= 0.3 is 0 Å². The molecule has 3 heteroatoms. The summed E-state index contributed by atoms with van der Waals surface area (Å²) in [5, 5.41) is 4.01. The summed E-state index contributed by atoms with van der Waals surface area (Å²) in [4.78, 5) is 0. The lowest BCUT2D eigenvalue weighted by molar-refractivity contribution is 1.80. The van der Waals surface area contributed by atoms with Gasteiger partial charge in [0.25, 0.3) is 0 Å². The lowest BCUT2D eigenvalue weighted by Crippen LogP contribution is -1.72. The van der Waals surface area contributed by atoms with Crippen LogP contribution in [0.4, 0.5) is 0 Å². The molecule has 0 aromatic rings. The van der Waals surface area contributed by atoms with E-state index in [0.29, 0.717) is 0 Å². The lowest BCUT2D eigenvalue weighted by atomic mass is 11.3. The van der Waals surface area contributed by atoms with E-state index in [1.807, 2.05) is 10.8 Å². The predicted molar refractivity (Wildman–Crippen MR) is 27.5 cm³/mol. The molecule has 0 saturated carbocycles. The van der Waals surface area contributed by atoms with E-state index in [1.54, 1.807) is 23.9 Å². The first kappa shape index (κ1) is 3.59. The molecule has 0 fully saturated rings. The van der Waals surface area contributed by atoms with Gasteiger partial charge in [-0.25, -0.2) is 4.13 Å². The molecule has 0 unspecified atom stereocenters. The maximum absolute atomic E-state index is 2.94. The number of hydrogen-bond acceptors (Lipinski definition) is 3. The minimum absolute atomic E-state index is 1.61. The average molecular weight is 105 g/mol. The fraction of sp³-hybridized carbons (Fsp3) is 0. The van der Waals surface area contributed by atoms with E-state index in [9.17, 15) is 0 Å². The molecule has 5 heavy (non-hydrogen) atoms. The van der Waals surface area contributed by atoms with Gasteiger partial charge in [0.1, 0.15) is 0 Å². The molecule has 1 nitrogen and oxygen atoms in total. The van der Waals surface area contributed by atoms with Gasteiger partial charge < -0.3 is 0 Å². The Morgan fingerprint density at radius 1 is 1.20 bits per heavy atom. The Hall–Kier alpha value is 0.400. The number of hydrogen-bond donors (Lipinski definition) is 1. The van der Waals surface area contributed by atoms with Crippen LogP contribution in [0.1, 0.15) is 0 Å². The van der Waals surface area contributed by atoms with Crippen LogP contribution >= 0.6 is 23.9 Å². The van der Waals surface area contributed by atoms with Crippen molar-refractivity contribution in [1.29, 1.82) is 0 Å². The normalized spacial score (nSPS) is 20.8. The largest absolute Gasteiger partial charge is 0.200 e. The summed E-state index contributed by atoms with van der Waals surface area (Å²) in [6.07, 6.45) is 0. The third kappa shape index (κ3) is 0.869. The van der Waals surface area contributed by atoms with Crippen molar-refractivity contribution >= 4 is 23.9 Å². The van der Waals surface area contributed by atoms with Crippen molar-refractivity contribution in [1.82, 2.24) is 4.13 Å². The quantitative estimate of drug-likeness (QED) is 0.467. The molecule has 1 aliphatic heterocycles. The van der Waals surface area contributed by atoms with Gasteiger partial charge in [-0.1, -0.05) is 0 Å². The molecule has 28 valence electrons. The predicted octanol–water partition coefficient (Wildman–Crippen LogP) is 1.36. The van der Waals surface area contributed by atoms with E-state index < -0.39 is 0 Å². The van der Waals surface area contributed by atoms with Crippen LogP contribution in [0.3, 0.4) is 0 Å². The van der Waals surface area contributed by atoms with Crippen molar-refractivity contribution in [3.05, 3.63) is 10.8 Å². The molecule has 0 saturated heterocycles. The van der Waals surface area contributed by atoms with Crippen molar-refractivity contribution in [2.24, 2.45) is 0 Å². The zero-order chi connectivity index (χ0) is 3.54. The average Bonchev–Trinajstić information content (AvgIpc) is 1.76. The van der Waals surface area contributed by atoms with Gasteiger partial charge in [0, 0.05) is 0 Å². The molecule has 1 N–H and O–H groups in total. The highest BCUT2D eigenvalue weighted by atomic mass is 32.2. The third-order valence-electron chi connectivity index (χ3n) is 0.288. The minimum Gasteiger partial charge on any atom is -0.200 e. The molecule has 0 bridgehead atoms. The van der Waals surface area contributed by atoms with Gasteiger partial charge in [0.2, 0.25) is 0 Å². The van der Waals surface area contributed by atoms with Crippen molar-refractivity contribution in [2.45, 2.75) is 0 Å². The molecule has 1 heterocycles. The van der Waals surface area contributed by atoms with Crippen molar-refractivity contribution in [3.8, 4) is 0 Å². The van der Waals surface area contributed by atoms with Gasteiger partial charge in [-0.15, -0.1) is 0 Å². The summed E-state index contributed by atoms with van der Waals surface area (Å²) < 4.78 is 2.94. The van der Waals surface area contributed by atoms with Gasteiger partial charge in [0.05, 0.1) is 0 Å². The molecule has 0 radical (unpaired) electrons. The first-order valence-corrected chi connectivity index (χ1v) is 2.97. The Morgan fingerprint density at radius 3 is 2.00 bits per heavy atom. The summed E-state index contributed by atoms with van der Waals surface area (Å²) in [7, 11) is 0. The van der Waals surface area contributed by atoms with Crippen LogP contribution in [-0.2, 0) is 0 Å². The Bertz CT molecular complexity index is 45.6. The van der Waals surface area contributed by atoms with Crippen molar-refractivity contribution in [3.63, 3.8) is 0 Å². The van der Waals surface area contributed by atoms with Crippen LogP contribution in [0.25, 0.3) is 0 Å². The first-order valence-electron chi connectivity index (χ1n) is 1.21. The first-order chi connectivity index (χ1) is 2.50. The topological polar surface area (TPSA) is 12.0 Å². The number of nitrogens with one attached hydrogen (secondary N) is 1. The van der Waals surface area contributed by atoms with E-state index in [2.05, 4.69) is 4.13 Å². The second-order valence-electron chi connectivity index (χ2n) is 0.591. The molecule has 0 aromatic heterocycles. The minimum atomic E-state index is 1.61. The van der Waals surface area contributed by atoms with Gasteiger partial charge in [-0.05, 0) is 34.7 Å². The van der Waals surface area contributed by atoms with Crippen molar-refractivity contribution < 1.29 is 0 Å². The standard InChI is InChI=1S/C2H3NS2/c1-2-5-3-4-1/h1-3H. The zero-order valence-electron chi connectivity index (χ0n) is 2.47. The molecule has 0 spiro atoms. The Balaban J connectivity index is 2.32. The Labute approximate surface area is 39.5 Å². The molecule has 0 atom stereocenters. The summed E-state index contributed by atoms with van der Waals surface area (Å²) in [5.41, 5.74) is 0. The maximum Gasteiger partial charge on any atom is -0.00513 e. The van der Waals surface area contributed by atoms with Crippen LogP contribution in [0.2, 0.25) is 0 Å². The zero-order valence-corrected chi connectivity index (χ0v) is 4.10. The molecular weight excluding hydrogens is 102 g/mol. The van der Waals surface area contributed by atoms with E-state index in [4.69, 9.17) is 0 Å². The fourth-order valence-corrected chi connectivity index (χ4v) is 1.25. The molecule has 1 aliphatic rings. The third-order valence-corrected chi connectivity index (χ3v) is 1.77. The van der Waals surface area contributed by atoms with Crippen LogP contribution in [-0.4, -0.2) is 0 Å². The summed E-state index contributed by atoms with van der Waals surface area (Å²) in [6.45, 7) is 0. The van der Waals surface area contributed by atoms with Crippen LogP contribution in [0.15, 0.2) is 10.8 Å². The monoisotopic (exact) mass is 105 g/mol. The van der Waals surface area contributed by atoms with Crippen LogP contribution < -0.4 is 4.13 Å². The second-order valence-corrected chi connectivity index (χ2v) is 2.27. The second kappa shape index (κ2) is 1.74. The number of rotatable bonds is 0. The summed E-state index contributed by atoms with van der Waals surface area (Å²) in [6, 6.07) is 0. The highest BCUT2D eigenvalue weighted by Gasteiger charge is 1.83. The molecule has 1 rings (SSSR count). The van der Waals surface area contributed by atoms with Crippen LogP contribution in [0, 0.1) is 0 Å². The van der Waals surface area contributed by atoms with Gasteiger partial charge in [-0.3, -0.25) is 0 Å². The fourth-order valence-electron chi connectivity index (χ4n) is 0.139. The van der Waals surface area contributed by atoms with Crippen molar-refractivity contribution in [2.75, 3.05) is 0 Å². The van der Waals surface area contributed by atoms with E-state index in [0.717, 1.165) is 0 Å². The van der Waals surface area contributed by atoms with E-state index in [1.165, 1.54) is 0 Å². The van der Waals surface area contributed by atoms with Gasteiger partial charge in [-0.2, -0.15) is 0 Å². The van der Waals surface area contributed by atoms with E-state index in [-0.39, 0.29) is 0 Å². The molecule has 0 aliphatic carbocycles. The smallest absolute Gasteiger partial charge is 0.00513 e. The van der Waals surface area contributed by atoms with Gasteiger partial charge in [0.15, 0.2) is 0 Å². The molecule has 0 aromatic carbocycles. The molecular formula is C2H3NS2. The summed E-state index contributed by atoms with van der Waals surface area (Å²) in [5.74, 6) is 0.